The number of halogens is 7. The van der Waals surface area contributed by atoms with Gasteiger partial charge in [0.1, 0.15) is 5.97 Å². The van der Waals surface area contributed by atoms with E-state index < -0.39 is 42.7 Å². The molecule has 0 bridgehead atoms. The SMILES string of the molecule is CO.I.II.O=C(O)C(F)(F)S(=O)(=O)[O-].O=C([O-])C(F)(F)S(=O)(=O)[O-].[Na+].[Na+].[Na+]. The van der Waals surface area contributed by atoms with Crippen LogP contribution in [-0.2, 0) is 29.8 Å². The molecule has 0 aromatic rings. The Hall–Kier alpha value is 3.63. The molecule has 28 heavy (non-hydrogen) atoms. The van der Waals surface area contributed by atoms with Crippen LogP contribution in [0.2, 0.25) is 0 Å². The molecule has 0 atom stereocenters. The first kappa shape index (κ1) is 53.1. The monoisotopic (exact) mass is 832 g/mol. The summed E-state index contributed by atoms with van der Waals surface area (Å²) in [4.78, 5) is 18.6. The van der Waals surface area contributed by atoms with E-state index in [-0.39, 0.29) is 113 Å². The van der Waals surface area contributed by atoms with Gasteiger partial charge in [-0.15, -0.1) is 24.0 Å². The molecule has 2 N–H and O–H groups in total. The van der Waals surface area contributed by atoms with E-state index in [2.05, 4.69) is 37.2 Å². The van der Waals surface area contributed by atoms with Crippen molar-refractivity contribution in [2.75, 3.05) is 7.11 Å². The van der Waals surface area contributed by atoms with Gasteiger partial charge in [0.15, 0.2) is 20.2 Å². The molecule has 156 valence electrons. The quantitative estimate of drug-likeness (QED) is 0.118. The van der Waals surface area contributed by atoms with Gasteiger partial charge in [0.2, 0.25) is 0 Å². The summed E-state index contributed by atoms with van der Waals surface area (Å²) in [6.07, 6.45) is 0. The molecule has 0 saturated heterocycles. The third kappa shape index (κ3) is 21.5. The fourth-order valence-electron chi connectivity index (χ4n) is 0.209. The van der Waals surface area contributed by atoms with E-state index in [9.17, 15) is 58.2 Å². The molecular weight excluding hydrogens is 826 g/mol. The number of aliphatic hydroxyl groups is 1. The molecule has 0 fully saturated rings. The molecule has 0 heterocycles. The molecule has 23 heteroatoms. The van der Waals surface area contributed by atoms with Crippen molar-refractivity contribution in [2.24, 2.45) is 0 Å². The van der Waals surface area contributed by atoms with Crippen LogP contribution in [0.5, 0.6) is 0 Å². The number of alkyl halides is 4. The first-order valence-electron chi connectivity index (χ1n) is 4.09. The van der Waals surface area contributed by atoms with E-state index in [1.54, 1.807) is 0 Å². The summed E-state index contributed by atoms with van der Waals surface area (Å²) in [7, 11) is -11.2. The van der Waals surface area contributed by atoms with Crippen LogP contribution in [0.25, 0.3) is 0 Å². The second kappa shape index (κ2) is 23.8. The van der Waals surface area contributed by atoms with Crippen molar-refractivity contribution in [3.05, 3.63) is 0 Å². The average Bonchev–Trinajstić information content (AvgIpc) is 2.41. The van der Waals surface area contributed by atoms with Crippen molar-refractivity contribution in [1.82, 2.24) is 0 Å². The van der Waals surface area contributed by atoms with Crippen LogP contribution in [0.1, 0.15) is 0 Å². The van der Waals surface area contributed by atoms with Crippen LogP contribution < -0.4 is 93.8 Å². The molecule has 0 radical (unpaired) electrons. The van der Waals surface area contributed by atoms with Crippen LogP contribution in [0.3, 0.4) is 0 Å². The van der Waals surface area contributed by atoms with Crippen LogP contribution >= 0.6 is 61.2 Å². The second-order valence-electron chi connectivity index (χ2n) is 2.53. The van der Waals surface area contributed by atoms with E-state index in [0.29, 0.717) is 0 Å². The summed E-state index contributed by atoms with van der Waals surface area (Å²) >= 11 is 4.24. The van der Waals surface area contributed by atoms with Gasteiger partial charge >= 0.3 is 105 Å². The number of carboxylic acid groups (broad SMARTS) is 2. The van der Waals surface area contributed by atoms with Crippen molar-refractivity contribution in [3.63, 3.8) is 0 Å². The Labute approximate surface area is 263 Å². The summed E-state index contributed by atoms with van der Waals surface area (Å²) in [6.45, 7) is 0. The van der Waals surface area contributed by atoms with Crippen LogP contribution in [0, 0.1) is 0 Å². The van der Waals surface area contributed by atoms with Gasteiger partial charge in [-0.25, -0.2) is 21.6 Å². The number of aliphatic carboxylic acids is 2. The van der Waals surface area contributed by atoms with Gasteiger partial charge in [0.05, 0.1) is 0 Å². The summed E-state index contributed by atoms with van der Waals surface area (Å²) in [5, 5.41) is 13.1. The Kier molecular flexibility index (Phi) is 45.1. The third-order valence-electron chi connectivity index (χ3n) is 1.11. The fourth-order valence-corrected chi connectivity index (χ4v) is 0.627. The van der Waals surface area contributed by atoms with Crippen molar-refractivity contribution < 1.29 is 157 Å². The molecule has 0 aliphatic carbocycles. The number of carboxylic acids is 2. The van der Waals surface area contributed by atoms with Gasteiger partial charge in [-0.1, -0.05) is 0 Å². The minimum absolute atomic E-state index is 0. The van der Waals surface area contributed by atoms with Crippen LogP contribution in [0.4, 0.5) is 17.6 Å². The minimum atomic E-state index is -6.15. The maximum Gasteiger partial charge on any atom is 1.00 e. The molecule has 0 saturated carbocycles. The Morgan fingerprint density at radius 2 is 1.00 bits per heavy atom. The van der Waals surface area contributed by atoms with Crippen molar-refractivity contribution in [1.29, 1.82) is 0 Å². The van der Waals surface area contributed by atoms with E-state index in [4.69, 9.17) is 10.2 Å². The molecule has 0 unspecified atom stereocenters. The molecule has 0 aromatic heterocycles. The predicted molar refractivity (Wildman–Crippen MR) is 93.5 cm³/mol. The maximum absolute atomic E-state index is 11.6. The van der Waals surface area contributed by atoms with E-state index in [1.807, 2.05) is 0 Å². The molecule has 0 aliphatic heterocycles. The molecule has 0 aliphatic rings. The van der Waals surface area contributed by atoms with Crippen LogP contribution in [-0.4, -0.2) is 65.7 Å². The zero-order chi connectivity index (χ0) is 21.2. The number of carbonyl (C=O) groups excluding carboxylic acids is 1. The smallest absolute Gasteiger partial charge is 0.743 e. The van der Waals surface area contributed by atoms with E-state index in [0.717, 1.165) is 7.11 Å². The van der Waals surface area contributed by atoms with E-state index in [1.165, 1.54) is 0 Å². The van der Waals surface area contributed by atoms with Crippen molar-refractivity contribution in [2.45, 2.75) is 10.5 Å². The van der Waals surface area contributed by atoms with Gasteiger partial charge in [0.25, 0.3) is 0 Å². The number of hydrogen-bond acceptors (Lipinski definition) is 10. The number of aliphatic hydroxyl groups excluding tert-OH is 1. The van der Waals surface area contributed by atoms with Gasteiger partial charge in [-0.3, -0.25) is 0 Å². The molecular formula is C5H6F4I3Na3O11S2. The zero-order valence-corrected chi connectivity index (χ0v) is 28.3. The summed E-state index contributed by atoms with van der Waals surface area (Å²) < 4.78 is 102. The molecule has 0 amide bonds. The maximum atomic E-state index is 11.6. The Morgan fingerprint density at radius 3 is 1.00 bits per heavy atom. The standard InChI is InChI=1S/2C2H2F2O5S.CH4O.I2.HI.3Na/c2*3-2(4,1(5)6)10(7,8)9;2*1-2;;;;/h2*(H,5,6)(H,7,8,9);2H,1H3;;1H;;;/q;;;;;3*+1/p-3. The summed E-state index contributed by atoms with van der Waals surface area (Å²) in [6, 6.07) is 0. The number of hydrogen-bond donors (Lipinski definition) is 2. The minimum Gasteiger partial charge on any atom is -0.743 e. The van der Waals surface area contributed by atoms with Gasteiger partial charge < -0.3 is 29.2 Å². The average molecular weight is 832 g/mol. The molecule has 0 aromatic carbocycles. The van der Waals surface area contributed by atoms with E-state index >= 15 is 0 Å². The van der Waals surface area contributed by atoms with Crippen LogP contribution in [0.15, 0.2) is 0 Å². The largest absolute Gasteiger partial charge is 1.00 e. The van der Waals surface area contributed by atoms with Crippen molar-refractivity contribution >= 4 is 93.4 Å². The number of rotatable bonds is 4. The normalized spacial score (nSPS) is 9.79. The first-order valence-corrected chi connectivity index (χ1v) is 13.2. The van der Waals surface area contributed by atoms with Gasteiger partial charge in [-0.05, 0) is 0 Å². The summed E-state index contributed by atoms with van der Waals surface area (Å²) in [5.74, 6) is -6.19. The zero-order valence-electron chi connectivity index (χ0n) is 14.1. The number of carbonyl (C=O) groups is 2. The first-order chi connectivity index (χ1) is 10.4. The third-order valence-corrected chi connectivity index (χ3v) is 2.71. The summed E-state index contributed by atoms with van der Waals surface area (Å²) in [5.41, 5.74) is 0. The van der Waals surface area contributed by atoms with Gasteiger partial charge in [-0.2, -0.15) is 17.6 Å². The Morgan fingerprint density at radius 1 is 0.821 bits per heavy atom. The van der Waals surface area contributed by atoms with Gasteiger partial charge in [0, 0.05) is 44.3 Å². The second-order valence-corrected chi connectivity index (χ2v) is 5.38. The molecule has 0 spiro atoms. The van der Waals surface area contributed by atoms with Crippen molar-refractivity contribution in [3.8, 4) is 0 Å². The Bertz CT molecular complexity index is 565. The Balaban J connectivity index is -0.0000000359. The molecule has 0 rings (SSSR count). The predicted octanol–water partition coefficient (Wildman–Crippen LogP) is -9.91. The topological polar surface area (TPSA) is 212 Å². The fraction of sp³-hybridized carbons (Fsp3) is 0.600. The molecule has 11 nitrogen and oxygen atoms in total.